The number of halogens is 3. The Hall–Kier alpha value is -0.650. The first-order valence-electron chi connectivity index (χ1n) is 3.50. The van der Waals surface area contributed by atoms with E-state index in [0.29, 0.717) is 5.75 Å². The molecule has 0 aliphatic heterocycles. The summed E-state index contributed by atoms with van der Waals surface area (Å²) in [5.74, 6) is -0.228. The average molecular weight is 296 g/mol. The van der Waals surface area contributed by atoms with E-state index < -0.39 is 9.66 Å². The van der Waals surface area contributed by atoms with Crippen molar-refractivity contribution in [1.82, 2.24) is 0 Å². The van der Waals surface area contributed by atoms with Crippen molar-refractivity contribution in [3.05, 3.63) is 33.7 Å². The monoisotopic (exact) mass is 296 g/mol. The van der Waals surface area contributed by atoms with E-state index in [1.807, 2.05) is 0 Å². The molecule has 0 radical (unpaired) electrons. The second kappa shape index (κ2) is 4.55. The van der Waals surface area contributed by atoms with Crippen LogP contribution in [0.25, 0.3) is 5.83 Å². The summed E-state index contributed by atoms with van der Waals surface area (Å²) in [6.07, 6.45) is 0. The van der Waals surface area contributed by atoms with E-state index in [1.165, 1.54) is 41.8 Å². The summed E-state index contributed by atoms with van der Waals surface area (Å²) in [6.45, 7) is 0. The fourth-order valence-corrected chi connectivity index (χ4v) is 1.16. The molecule has 0 saturated heterocycles. The van der Waals surface area contributed by atoms with E-state index in [9.17, 15) is 8.78 Å². The van der Waals surface area contributed by atoms with Crippen LogP contribution in [0.1, 0.15) is 5.56 Å². The molecule has 1 aromatic rings. The summed E-state index contributed by atoms with van der Waals surface area (Å²) in [5, 5.41) is 0. The molecule has 1 aromatic carbocycles. The number of hydrogen-bond donors (Lipinski definition) is 0. The zero-order valence-corrected chi connectivity index (χ0v) is 9.01. The van der Waals surface area contributed by atoms with Crippen LogP contribution < -0.4 is 4.74 Å². The van der Waals surface area contributed by atoms with Crippen LogP contribution >= 0.6 is 22.6 Å². The van der Waals surface area contributed by atoms with Gasteiger partial charge in [0.2, 0.25) is 0 Å². The molecule has 0 bridgehead atoms. The zero-order valence-electron chi connectivity index (χ0n) is 6.85. The maximum Gasteiger partial charge on any atom is 0.196 e. The smallest absolute Gasteiger partial charge is 0.196 e. The van der Waals surface area contributed by atoms with Crippen molar-refractivity contribution in [3.63, 3.8) is 0 Å². The second-order valence-electron chi connectivity index (χ2n) is 2.30. The third-order valence-electron chi connectivity index (χ3n) is 1.51. The lowest BCUT2D eigenvalue weighted by Crippen LogP contribution is -1.83. The topological polar surface area (TPSA) is 9.23 Å². The zero-order chi connectivity index (χ0) is 9.84. The summed E-state index contributed by atoms with van der Waals surface area (Å²) < 4.78 is 29.4. The van der Waals surface area contributed by atoms with Gasteiger partial charge in [0.1, 0.15) is 5.75 Å². The molecule has 0 atom stereocenters. The third-order valence-corrected chi connectivity index (χ3v) is 1.98. The fourth-order valence-electron chi connectivity index (χ4n) is 0.846. The van der Waals surface area contributed by atoms with Gasteiger partial charge in [-0.15, -0.1) is 0 Å². The normalized spacial score (nSPS) is 12.3. The molecule has 0 spiro atoms. The SMILES string of the molecule is COc1ccc(/C(F)=C(/F)I)cc1. The number of rotatable bonds is 2. The van der Waals surface area contributed by atoms with Gasteiger partial charge in [-0.1, -0.05) is 0 Å². The maximum atomic E-state index is 12.9. The predicted molar refractivity (Wildman–Crippen MR) is 56.2 cm³/mol. The molecule has 13 heavy (non-hydrogen) atoms. The van der Waals surface area contributed by atoms with E-state index in [0.717, 1.165) is 0 Å². The van der Waals surface area contributed by atoms with Gasteiger partial charge < -0.3 is 4.74 Å². The van der Waals surface area contributed by atoms with Gasteiger partial charge >= 0.3 is 0 Å². The highest BCUT2D eigenvalue weighted by Crippen LogP contribution is 2.26. The minimum Gasteiger partial charge on any atom is -0.497 e. The molecule has 0 fully saturated rings. The molecule has 0 unspecified atom stereocenters. The summed E-state index contributed by atoms with van der Waals surface area (Å²) in [7, 11) is 1.51. The molecule has 70 valence electrons. The Balaban J connectivity index is 2.99. The number of benzene rings is 1. The first kappa shape index (κ1) is 10.4. The third kappa shape index (κ3) is 2.65. The lowest BCUT2D eigenvalue weighted by molar-refractivity contribution is 0.414. The Morgan fingerprint density at radius 1 is 1.23 bits per heavy atom. The molecule has 0 N–H and O–H groups in total. The molecule has 1 nitrogen and oxygen atoms in total. The Bertz CT molecular complexity index is 315. The van der Waals surface area contributed by atoms with Crippen molar-refractivity contribution in [3.8, 4) is 5.75 Å². The van der Waals surface area contributed by atoms with Crippen molar-refractivity contribution in [1.29, 1.82) is 0 Å². The highest BCUT2D eigenvalue weighted by molar-refractivity contribution is 14.1. The lowest BCUT2D eigenvalue weighted by atomic mass is 10.2. The van der Waals surface area contributed by atoms with Gasteiger partial charge in [-0.05, 0) is 46.9 Å². The largest absolute Gasteiger partial charge is 0.497 e. The molecule has 1 rings (SSSR count). The Labute approximate surface area is 88.5 Å². The molecule has 4 heteroatoms. The Morgan fingerprint density at radius 2 is 1.77 bits per heavy atom. The van der Waals surface area contributed by atoms with Crippen LogP contribution in [0.5, 0.6) is 5.75 Å². The molecule has 0 heterocycles. The molecular formula is C9H7F2IO. The molecule has 0 aromatic heterocycles. The van der Waals surface area contributed by atoms with Crippen LogP contribution in [-0.4, -0.2) is 7.11 Å². The molecule has 0 saturated carbocycles. The average Bonchev–Trinajstić information content (AvgIpc) is 2.17. The van der Waals surface area contributed by atoms with Gasteiger partial charge in [0.15, 0.2) is 9.66 Å². The summed E-state index contributed by atoms with van der Waals surface area (Å²) in [4.78, 5) is 0. The second-order valence-corrected chi connectivity index (χ2v) is 3.25. The van der Waals surface area contributed by atoms with Crippen LogP contribution in [0.4, 0.5) is 8.78 Å². The fraction of sp³-hybridized carbons (Fsp3) is 0.111. The summed E-state index contributed by atoms with van der Waals surface area (Å²) in [6, 6.07) is 6.09. The summed E-state index contributed by atoms with van der Waals surface area (Å²) in [5.41, 5.74) is 0.215. The van der Waals surface area contributed by atoms with Crippen LogP contribution in [-0.2, 0) is 0 Å². The van der Waals surface area contributed by atoms with Gasteiger partial charge in [0.25, 0.3) is 0 Å². The number of hydrogen-bond acceptors (Lipinski definition) is 1. The first-order chi connectivity index (χ1) is 6.15. The van der Waals surface area contributed by atoms with Gasteiger partial charge in [-0.3, -0.25) is 0 Å². The van der Waals surface area contributed by atoms with E-state index >= 15 is 0 Å². The van der Waals surface area contributed by atoms with Crippen LogP contribution in [0.3, 0.4) is 0 Å². The first-order valence-corrected chi connectivity index (χ1v) is 4.58. The van der Waals surface area contributed by atoms with E-state index in [1.54, 1.807) is 12.1 Å². The van der Waals surface area contributed by atoms with Gasteiger partial charge in [-0.2, -0.15) is 4.39 Å². The molecule has 0 aliphatic rings. The van der Waals surface area contributed by atoms with Gasteiger partial charge in [0.05, 0.1) is 7.11 Å². The van der Waals surface area contributed by atoms with Crippen molar-refractivity contribution in [2.45, 2.75) is 0 Å². The summed E-state index contributed by atoms with van der Waals surface area (Å²) >= 11 is 1.30. The van der Waals surface area contributed by atoms with Crippen molar-refractivity contribution >= 4 is 28.4 Å². The lowest BCUT2D eigenvalue weighted by Gasteiger charge is -2.00. The van der Waals surface area contributed by atoms with Crippen LogP contribution in [0, 0.1) is 0 Å². The number of methoxy groups -OCH3 is 1. The van der Waals surface area contributed by atoms with E-state index in [4.69, 9.17) is 4.74 Å². The molecular weight excluding hydrogens is 289 g/mol. The quantitative estimate of drug-likeness (QED) is 0.756. The predicted octanol–water partition coefficient (Wildman–Crippen LogP) is 3.70. The van der Waals surface area contributed by atoms with Crippen LogP contribution in [0.2, 0.25) is 0 Å². The highest BCUT2D eigenvalue weighted by atomic mass is 127. The van der Waals surface area contributed by atoms with Crippen molar-refractivity contribution < 1.29 is 13.5 Å². The van der Waals surface area contributed by atoms with Gasteiger partial charge in [-0.25, -0.2) is 4.39 Å². The molecule has 0 amide bonds. The Kier molecular flexibility index (Phi) is 3.65. The van der Waals surface area contributed by atoms with E-state index in [2.05, 4.69) is 0 Å². The van der Waals surface area contributed by atoms with E-state index in [-0.39, 0.29) is 5.56 Å². The minimum atomic E-state index is -0.845. The van der Waals surface area contributed by atoms with Crippen molar-refractivity contribution in [2.75, 3.05) is 7.11 Å². The van der Waals surface area contributed by atoms with Gasteiger partial charge in [0, 0.05) is 5.56 Å². The minimum absolute atomic E-state index is 0.215. The highest BCUT2D eigenvalue weighted by Gasteiger charge is 2.05. The van der Waals surface area contributed by atoms with Crippen molar-refractivity contribution in [2.24, 2.45) is 0 Å². The molecule has 0 aliphatic carbocycles. The maximum absolute atomic E-state index is 12.9. The Morgan fingerprint density at radius 3 is 2.15 bits per heavy atom. The standard InChI is InChI=1S/C9H7F2IO/c1-13-7-4-2-6(3-5-7)8(10)9(11)12/h2-5H,1H3/b9-8+. The van der Waals surface area contributed by atoms with Crippen LogP contribution in [0.15, 0.2) is 28.1 Å². The number of ether oxygens (including phenoxy) is 1.